The number of carbonyl (C=O) groups excluding carboxylic acids is 1. The third kappa shape index (κ3) is 5.15. The lowest BCUT2D eigenvalue weighted by Gasteiger charge is -2.18. The van der Waals surface area contributed by atoms with Crippen LogP contribution in [0.5, 0.6) is 0 Å². The maximum absolute atomic E-state index is 11.6. The molecule has 6 nitrogen and oxygen atoms in total. The number of hydrogen-bond donors (Lipinski definition) is 3. The van der Waals surface area contributed by atoms with Crippen LogP contribution in [-0.4, -0.2) is 46.8 Å². The summed E-state index contributed by atoms with van der Waals surface area (Å²) in [6.07, 6.45) is -1.60. The van der Waals surface area contributed by atoms with Crippen LogP contribution in [-0.2, 0) is 11.3 Å². The molecule has 0 unspecified atom stereocenters. The van der Waals surface area contributed by atoms with Gasteiger partial charge in [-0.15, -0.1) is 0 Å². The molecule has 0 radical (unpaired) electrons. The van der Waals surface area contributed by atoms with Gasteiger partial charge >= 0.3 is 12.0 Å². The van der Waals surface area contributed by atoms with Crippen LogP contribution in [0.4, 0.5) is 4.79 Å². The first-order chi connectivity index (χ1) is 8.90. The molecule has 1 aromatic rings. The fourth-order valence-electron chi connectivity index (χ4n) is 1.34. The van der Waals surface area contributed by atoms with E-state index in [4.69, 9.17) is 21.8 Å². The van der Waals surface area contributed by atoms with Crippen LogP contribution in [0.3, 0.4) is 0 Å². The standard InChI is InChI=1S/C12H15ClN2O4/c1-15(7-8-2-4-9(13)5-3-8)12(19)14-6-10(16)11(17)18/h2-5,10,16H,6-7H2,1H3,(H,14,19)(H,17,18)/t10-/m0/s1. The minimum absolute atomic E-state index is 0.334. The van der Waals surface area contributed by atoms with Crippen molar-refractivity contribution in [2.24, 2.45) is 0 Å². The van der Waals surface area contributed by atoms with E-state index in [1.54, 1.807) is 31.3 Å². The Morgan fingerprint density at radius 2 is 1.95 bits per heavy atom. The molecule has 19 heavy (non-hydrogen) atoms. The minimum atomic E-state index is -1.60. The normalized spacial score (nSPS) is 11.7. The SMILES string of the molecule is CN(Cc1ccc(Cl)cc1)C(=O)NC[C@H](O)C(=O)O. The quantitative estimate of drug-likeness (QED) is 0.751. The van der Waals surface area contributed by atoms with Gasteiger partial charge < -0.3 is 20.4 Å². The molecule has 0 spiro atoms. The highest BCUT2D eigenvalue weighted by atomic mass is 35.5. The largest absolute Gasteiger partial charge is 0.479 e. The van der Waals surface area contributed by atoms with E-state index in [9.17, 15) is 9.59 Å². The lowest BCUT2D eigenvalue weighted by atomic mass is 10.2. The Morgan fingerprint density at radius 1 is 1.37 bits per heavy atom. The van der Waals surface area contributed by atoms with Gasteiger partial charge in [-0.1, -0.05) is 23.7 Å². The van der Waals surface area contributed by atoms with Crippen molar-refractivity contribution < 1.29 is 19.8 Å². The highest BCUT2D eigenvalue weighted by molar-refractivity contribution is 6.30. The maximum Gasteiger partial charge on any atom is 0.334 e. The van der Waals surface area contributed by atoms with E-state index in [0.717, 1.165) is 5.56 Å². The molecular formula is C12H15ClN2O4. The number of benzene rings is 1. The van der Waals surface area contributed by atoms with E-state index < -0.39 is 18.1 Å². The molecule has 0 aliphatic carbocycles. The number of aliphatic carboxylic acids is 1. The second-order valence-corrected chi connectivity index (χ2v) is 4.46. The second-order valence-electron chi connectivity index (χ2n) is 4.02. The van der Waals surface area contributed by atoms with Gasteiger partial charge in [0.2, 0.25) is 0 Å². The number of aliphatic hydroxyl groups is 1. The van der Waals surface area contributed by atoms with Crippen LogP contribution in [0.15, 0.2) is 24.3 Å². The summed E-state index contributed by atoms with van der Waals surface area (Å²) in [5, 5.41) is 20.4. The number of halogens is 1. The molecule has 1 aromatic carbocycles. The molecule has 0 heterocycles. The van der Waals surface area contributed by atoms with Crippen molar-refractivity contribution >= 4 is 23.6 Å². The molecule has 0 aromatic heterocycles. The van der Waals surface area contributed by atoms with Crippen molar-refractivity contribution in [1.82, 2.24) is 10.2 Å². The molecule has 104 valence electrons. The number of carboxylic acids is 1. The average molecular weight is 287 g/mol. The Bertz CT molecular complexity index is 450. The van der Waals surface area contributed by atoms with E-state index in [-0.39, 0.29) is 6.54 Å². The van der Waals surface area contributed by atoms with Crippen molar-refractivity contribution in [3.63, 3.8) is 0 Å². The first-order valence-corrected chi connectivity index (χ1v) is 5.92. The molecule has 0 aliphatic heterocycles. The highest BCUT2D eigenvalue weighted by Crippen LogP contribution is 2.10. The molecule has 0 fully saturated rings. The summed E-state index contributed by atoms with van der Waals surface area (Å²) < 4.78 is 0. The summed E-state index contributed by atoms with van der Waals surface area (Å²) in [4.78, 5) is 23.4. The van der Waals surface area contributed by atoms with Crippen LogP contribution in [0, 0.1) is 0 Å². The first kappa shape index (κ1) is 15.3. The summed E-state index contributed by atoms with van der Waals surface area (Å²) in [5.41, 5.74) is 0.890. The zero-order valence-electron chi connectivity index (χ0n) is 10.3. The molecule has 1 atom stereocenters. The molecule has 2 amide bonds. The Hall–Kier alpha value is -1.79. The van der Waals surface area contributed by atoms with Gasteiger partial charge in [-0.3, -0.25) is 0 Å². The Morgan fingerprint density at radius 3 is 2.47 bits per heavy atom. The number of aliphatic hydroxyl groups excluding tert-OH is 1. The Kier molecular flexibility index (Phi) is 5.59. The summed E-state index contributed by atoms with van der Waals surface area (Å²) in [5.74, 6) is -1.37. The third-order valence-corrected chi connectivity index (χ3v) is 2.66. The number of carboxylic acid groups (broad SMARTS) is 1. The monoisotopic (exact) mass is 286 g/mol. The highest BCUT2D eigenvalue weighted by Gasteiger charge is 2.15. The van der Waals surface area contributed by atoms with Crippen LogP contribution in [0.1, 0.15) is 5.56 Å². The fourth-order valence-corrected chi connectivity index (χ4v) is 1.47. The van der Waals surface area contributed by atoms with Gasteiger partial charge in [0.05, 0.1) is 6.54 Å². The van der Waals surface area contributed by atoms with Gasteiger partial charge in [-0.2, -0.15) is 0 Å². The van der Waals surface area contributed by atoms with E-state index in [1.165, 1.54) is 4.90 Å². The Labute approximate surface area is 115 Å². The number of urea groups is 1. The molecular weight excluding hydrogens is 272 g/mol. The van der Waals surface area contributed by atoms with Crippen molar-refractivity contribution in [3.05, 3.63) is 34.9 Å². The number of nitrogens with one attached hydrogen (secondary N) is 1. The van der Waals surface area contributed by atoms with Gasteiger partial charge in [0.1, 0.15) is 0 Å². The number of rotatable bonds is 5. The summed E-state index contributed by atoms with van der Waals surface area (Å²) in [6, 6.07) is 6.56. The van der Waals surface area contributed by atoms with Gasteiger partial charge in [0.15, 0.2) is 6.10 Å². The van der Waals surface area contributed by atoms with Crippen molar-refractivity contribution in [3.8, 4) is 0 Å². The van der Waals surface area contributed by atoms with E-state index in [1.807, 2.05) is 0 Å². The average Bonchev–Trinajstić information content (AvgIpc) is 2.37. The topological polar surface area (TPSA) is 89.9 Å². The predicted octanol–water partition coefficient (Wildman–Crippen LogP) is 0.927. The molecule has 0 saturated heterocycles. The van der Waals surface area contributed by atoms with Crippen molar-refractivity contribution in [2.75, 3.05) is 13.6 Å². The smallest absolute Gasteiger partial charge is 0.334 e. The Balaban J connectivity index is 2.44. The second kappa shape index (κ2) is 6.96. The van der Waals surface area contributed by atoms with Gasteiger partial charge in [0.25, 0.3) is 0 Å². The number of hydrogen-bond acceptors (Lipinski definition) is 3. The number of nitrogens with zero attached hydrogens (tertiary/aromatic N) is 1. The summed E-state index contributed by atoms with van der Waals surface area (Å²) in [7, 11) is 1.57. The zero-order valence-corrected chi connectivity index (χ0v) is 11.1. The molecule has 0 saturated carbocycles. The van der Waals surface area contributed by atoms with E-state index >= 15 is 0 Å². The summed E-state index contributed by atoms with van der Waals surface area (Å²) >= 11 is 5.75. The van der Waals surface area contributed by atoms with Crippen molar-refractivity contribution in [2.45, 2.75) is 12.6 Å². The molecule has 0 aliphatic rings. The lowest BCUT2D eigenvalue weighted by Crippen LogP contribution is -2.42. The molecule has 7 heteroatoms. The fraction of sp³-hybridized carbons (Fsp3) is 0.333. The molecule has 3 N–H and O–H groups in total. The molecule has 0 bridgehead atoms. The minimum Gasteiger partial charge on any atom is -0.479 e. The number of amides is 2. The lowest BCUT2D eigenvalue weighted by molar-refractivity contribution is -0.146. The number of carbonyl (C=O) groups is 2. The van der Waals surface area contributed by atoms with Crippen LogP contribution >= 0.6 is 11.6 Å². The zero-order chi connectivity index (χ0) is 14.4. The molecule has 1 rings (SSSR count). The van der Waals surface area contributed by atoms with E-state index in [2.05, 4.69) is 5.32 Å². The maximum atomic E-state index is 11.6. The van der Waals surface area contributed by atoms with E-state index in [0.29, 0.717) is 11.6 Å². The van der Waals surface area contributed by atoms with Gasteiger partial charge in [-0.05, 0) is 17.7 Å². The predicted molar refractivity (Wildman–Crippen MR) is 70.0 cm³/mol. The van der Waals surface area contributed by atoms with Crippen LogP contribution in [0.25, 0.3) is 0 Å². The van der Waals surface area contributed by atoms with Gasteiger partial charge in [-0.25, -0.2) is 9.59 Å². The summed E-state index contributed by atoms with van der Waals surface area (Å²) in [6.45, 7) is 0.0191. The van der Waals surface area contributed by atoms with Crippen LogP contribution in [0.2, 0.25) is 5.02 Å². The van der Waals surface area contributed by atoms with Crippen molar-refractivity contribution in [1.29, 1.82) is 0 Å². The third-order valence-electron chi connectivity index (χ3n) is 2.41. The van der Waals surface area contributed by atoms with Gasteiger partial charge in [0, 0.05) is 18.6 Å². The first-order valence-electron chi connectivity index (χ1n) is 5.54. The van der Waals surface area contributed by atoms with Crippen LogP contribution < -0.4 is 5.32 Å².